The van der Waals surface area contributed by atoms with Crippen molar-refractivity contribution in [3.05, 3.63) is 53.9 Å². The van der Waals surface area contributed by atoms with E-state index >= 15 is 0 Å². The Labute approximate surface area is 136 Å². The molecule has 0 fully saturated rings. The number of anilines is 1. The molecular weight excluding hydrogens is 314 g/mol. The van der Waals surface area contributed by atoms with E-state index < -0.39 is 0 Å². The molecular formula is C16H13N3O3S. The van der Waals surface area contributed by atoms with Crippen LogP contribution in [0.1, 0.15) is 27.6 Å². The van der Waals surface area contributed by atoms with Crippen LogP contribution in [-0.4, -0.2) is 28.5 Å². The summed E-state index contributed by atoms with van der Waals surface area (Å²) >= 11 is 1.30. The van der Waals surface area contributed by atoms with E-state index in [9.17, 15) is 9.59 Å². The molecule has 1 aromatic carbocycles. The first-order chi connectivity index (χ1) is 11.2. The Hall–Kier alpha value is -2.80. The lowest BCUT2D eigenvalue weighted by Crippen LogP contribution is -2.11. The Morgan fingerprint density at radius 1 is 1.26 bits per heavy atom. The SMILES string of the molecule is CCOC(=O)c1ccc2nc(NC(=O)c3cccnc3)sc2c1. The second-order valence-electron chi connectivity index (χ2n) is 4.62. The number of carbonyl (C=O) groups excluding carboxylic acids is 2. The molecule has 0 saturated heterocycles. The molecule has 0 aliphatic heterocycles. The third kappa shape index (κ3) is 3.35. The molecule has 2 aromatic heterocycles. The number of rotatable bonds is 4. The van der Waals surface area contributed by atoms with Gasteiger partial charge < -0.3 is 4.74 Å². The molecule has 0 aliphatic rings. The van der Waals surface area contributed by atoms with Gasteiger partial charge in [-0.05, 0) is 37.3 Å². The fourth-order valence-corrected chi connectivity index (χ4v) is 2.89. The number of ether oxygens (including phenoxy) is 1. The lowest BCUT2D eigenvalue weighted by atomic mass is 10.2. The van der Waals surface area contributed by atoms with Crippen LogP contribution in [0, 0.1) is 0 Å². The number of fused-ring (bicyclic) bond motifs is 1. The predicted octanol–water partition coefficient (Wildman–Crippen LogP) is 3.12. The molecule has 2 heterocycles. The third-order valence-electron chi connectivity index (χ3n) is 3.04. The molecule has 0 unspecified atom stereocenters. The fourth-order valence-electron chi connectivity index (χ4n) is 1.99. The van der Waals surface area contributed by atoms with Gasteiger partial charge in [-0.2, -0.15) is 0 Å². The van der Waals surface area contributed by atoms with Crippen LogP contribution in [0.25, 0.3) is 10.2 Å². The lowest BCUT2D eigenvalue weighted by Gasteiger charge is -2.00. The van der Waals surface area contributed by atoms with E-state index in [0.717, 1.165) is 4.70 Å². The zero-order chi connectivity index (χ0) is 16.2. The number of hydrogen-bond acceptors (Lipinski definition) is 6. The molecule has 3 rings (SSSR count). The van der Waals surface area contributed by atoms with Gasteiger partial charge in [0.25, 0.3) is 5.91 Å². The highest BCUT2D eigenvalue weighted by molar-refractivity contribution is 7.22. The Balaban J connectivity index is 1.83. The molecule has 0 saturated carbocycles. The summed E-state index contributed by atoms with van der Waals surface area (Å²) in [5, 5.41) is 3.20. The van der Waals surface area contributed by atoms with Crippen LogP contribution in [-0.2, 0) is 4.74 Å². The molecule has 0 atom stereocenters. The summed E-state index contributed by atoms with van der Waals surface area (Å²) in [5.74, 6) is -0.647. The van der Waals surface area contributed by atoms with Crippen LogP contribution in [0.3, 0.4) is 0 Å². The van der Waals surface area contributed by atoms with E-state index in [4.69, 9.17) is 4.74 Å². The van der Waals surface area contributed by atoms with E-state index in [1.807, 2.05) is 0 Å². The van der Waals surface area contributed by atoms with Gasteiger partial charge >= 0.3 is 5.97 Å². The van der Waals surface area contributed by atoms with Crippen molar-refractivity contribution < 1.29 is 14.3 Å². The summed E-state index contributed by atoms with van der Waals surface area (Å²) in [6, 6.07) is 8.47. The number of carbonyl (C=O) groups is 2. The minimum Gasteiger partial charge on any atom is -0.462 e. The molecule has 0 radical (unpaired) electrons. The smallest absolute Gasteiger partial charge is 0.338 e. The summed E-state index contributed by atoms with van der Waals surface area (Å²) in [6.07, 6.45) is 3.09. The summed E-state index contributed by atoms with van der Waals surface area (Å²) in [5.41, 5.74) is 1.64. The van der Waals surface area contributed by atoms with Crippen molar-refractivity contribution in [2.24, 2.45) is 0 Å². The van der Waals surface area contributed by atoms with Gasteiger partial charge in [-0.3, -0.25) is 15.1 Å². The van der Waals surface area contributed by atoms with Crippen LogP contribution in [0.2, 0.25) is 0 Å². The van der Waals surface area contributed by atoms with Crippen LogP contribution < -0.4 is 5.32 Å². The van der Waals surface area contributed by atoms with Gasteiger partial charge in [-0.25, -0.2) is 9.78 Å². The minimum absolute atomic E-state index is 0.275. The molecule has 6 nitrogen and oxygen atoms in total. The predicted molar refractivity (Wildman–Crippen MR) is 87.8 cm³/mol. The quantitative estimate of drug-likeness (QED) is 0.745. The minimum atomic E-state index is -0.372. The number of benzene rings is 1. The molecule has 0 aliphatic carbocycles. The normalized spacial score (nSPS) is 10.5. The summed E-state index contributed by atoms with van der Waals surface area (Å²) in [4.78, 5) is 32.1. The summed E-state index contributed by atoms with van der Waals surface area (Å²) in [6.45, 7) is 2.08. The fraction of sp³-hybridized carbons (Fsp3) is 0.125. The number of hydrogen-bond donors (Lipinski definition) is 1. The van der Waals surface area contributed by atoms with Crippen molar-refractivity contribution >= 4 is 38.6 Å². The molecule has 23 heavy (non-hydrogen) atoms. The van der Waals surface area contributed by atoms with Gasteiger partial charge in [-0.15, -0.1) is 0 Å². The van der Waals surface area contributed by atoms with Crippen molar-refractivity contribution in [1.82, 2.24) is 9.97 Å². The van der Waals surface area contributed by atoms with E-state index in [-0.39, 0.29) is 11.9 Å². The second kappa shape index (κ2) is 6.53. The number of amides is 1. The molecule has 1 N–H and O–H groups in total. The van der Waals surface area contributed by atoms with Crippen molar-refractivity contribution in [2.75, 3.05) is 11.9 Å². The Morgan fingerprint density at radius 3 is 2.87 bits per heavy atom. The average Bonchev–Trinajstić information content (AvgIpc) is 2.97. The Morgan fingerprint density at radius 2 is 2.13 bits per heavy atom. The van der Waals surface area contributed by atoms with Crippen molar-refractivity contribution in [1.29, 1.82) is 0 Å². The van der Waals surface area contributed by atoms with Crippen LogP contribution in [0.5, 0.6) is 0 Å². The topological polar surface area (TPSA) is 81.2 Å². The van der Waals surface area contributed by atoms with Crippen molar-refractivity contribution in [2.45, 2.75) is 6.92 Å². The van der Waals surface area contributed by atoms with Gasteiger partial charge in [-0.1, -0.05) is 11.3 Å². The largest absolute Gasteiger partial charge is 0.462 e. The van der Waals surface area contributed by atoms with Crippen molar-refractivity contribution in [3.63, 3.8) is 0 Å². The van der Waals surface area contributed by atoms with E-state index in [0.29, 0.717) is 28.4 Å². The number of nitrogens with zero attached hydrogens (tertiary/aromatic N) is 2. The van der Waals surface area contributed by atoms with E-state index in [2.05, 4.69) is 15.3 Å². The summed E-state index contributed by atoms with van der Waals surface area (Å²) < 4.78 is 5.78. The molecule has 0 bridgehead atoms. The first-order valence-electron chi connectivity index (χ1n) is 6.96. The van der Waals surface area contributed by atoms with Crippen molar-refractivity contribution in [3.8, 4) is 0 Å². The maximum atomic E-state index is 12.1. The number of pyridine rings is 1. The molecule has 3 aromatic rings. The molecule has 1 amide bonds. The third-order valence-corrected chi connectivity index (χ3v) is 3.98. The second-order valence-corrected chi connectivity index (χ2v) is 5.65. The van der Waals surface area contributed by atoms with Crippen LogP contribution in [0.4, 0.5) is 5.13 Å². The first-order valence-corrected chi connectivity index (χ1v) is 7.78. The van der Waals surface area contributed by atoms with Gasteiger partial charge in [0, 0.05) is 12.4 Å². The Kier molecular flexibility index (Phi) is 4.29. The molecule has 7 heteroatoms. The lowest BCUT2D eigenvalue weighted by molar-refractivity contribution is 0.0526. The highest BCUT2D eigenvalue weighted by atomic mass is 32.1. The number of nitrogens with one attached hydrogen (secondary N) is 1. The first kappa shape index (κ1) is 15.1. The maximum Gasteiger partial charge on any atom is 0.338 e. The highest BCUT2D eigenvalue weighted by Crippen LogP contribution is 2.27. The standard InChI is InChI=1S/C16H13N3O3S/c1-2-22-15(21)10-5-6-12-13(8-10)23-16(18-12)19-14(20)11-4-3-7-17-9-11/h3-9H,2H2,1H3,(H,18,19,20). The average molecular weight is 327 g/mol. The van der Waals surface area contributed by atoms with Crippen LogP contribution in [0.15, 0.2) is 42.7 Å². The maximum absolute atomic E-state index is 12.1. The van der Waals surface area contributed by atoms with E-state index in [1.54, 1.807) is 43.5 Å². The molecule has 0 spiro atoms. The number of esters is 1. The van der Waals surface area contributed by atoms with E-state index in [1.165, 1.54) is 17.5 Å². The zero-order valence-electron chi connectivity index (χ0n) is 12.3. The molecule has 116 valence electrons. The highest BCUT2D eigenvalue weighted by Gasteiger charge is 2.12. The van der Waals surface area contributed by atoms with Crippen LogP contribution >= 0.6 is 11.3 Å². The van der Waals surface area contributed by atoms with Gasteiger partial charge in [0.1, 0.15) is 0 Å². The zero-order valence-corrected chi connectivity index (χ0v) is 13.1. The number of aromatic nitrogens is 2. The monoisotopic (exact) mass is 327 g/mol. The van der Waals surface area contributed by atoms with Gasteiger partial charge in [0.2, 0.25) is 0 Å². The number of thiazole rings is 1. The van der Waals surface area contributed by atoms with Gasteiger partial charge in [0.15, 0.2) is 5.13 Å². The summed E-state index contributed by atoms with van der Waals surface area (Å²) in [7, 11) is 0. The van der Waals surface area contributed by atoms with Gasteiger partial charge in [0.05, 0.1) is 28.0 Å². The Bertz CT molecular complexity index is 861.